The predicted octanol–water partition coefficient (Wildman–Crippen LogP) is 2.61. The quantitative estimate of drug-likeness (QED) is 0.0127. The molecule has 2 bridgehead atoms. The van der Waals surface area contributed by atoms with E-state index >= 15 is 0 Å². The van der Waals surface area contributed by atoms with Crippen LogP contribution in [0.25, 0.3) is 0 Å². The molecule has 0 radical (unpaired) electrons. The van der Waals surface area contributed by atoms with Crippen molar-refractivity contribution < 1.29 is 73.1 Å². The monoisotopic (exact) mass is 1400 g/mol. The molecule has 1 aromatic carbocycles. The fourth-order valence-electron chi connectivity index (χ4n) is 10.6. The molecule has 17 N–H and O–H groups in total. The lowest BCUT2D eigenvalue weighted by Gasteiger charge is -2.28. The van der Waals surface area contributed by atoms with Crippen molar-refractivity contribution in [2.45, 2.75) is 187 Å². The Morgan fingerprint density at radius 3 is 1.86 bits per heavy atom. The Balaban J connectivity index is 1.85. The first-order valence-electron chi connectivity index (χ1n) is 32.6. The highest BCUT2D eigenvalue weighted by Gasteiger charge is 2.36. The molecule has 0 aromatic heterocycles. The Bertz CT molecular complexity index is 2830. The van der Waals surface area contributed by atoms with E-state index in [9.17, 15) is 73.1 Å². The summed E-state index contributed by atoms with van der Waals surface area (Å²) >= 11 is 0.909. The van der Waals surface area contributed by atoms with Crippen molar-refractivity contribution in [2.24, 2.45) is 50.9 Å². The average Bonchev–Trinajstić information content (AvgIpc) is 1.20. The van der Waals surface area contributed by atoms with Gasteiger partial charge in [0.15, 0.2) is 23.3 Å². The van der Waals surface area contributed by atoms with Crippen LogP contribution in [0, 0.1) is 34.5 Å². The van der Waals surface area contributed by atoms with Gasteiger partial charge in [0.2, 0.25) is 47.3 Å². The number of hydrogen-bond donors (Lipinski definition) is 15. The van der Waals surface area contributed by atoms with E-state index < -0.39 is 138 Å². The molecule has 96 heavy (non-hydrogen) atoms. The number of aliphatic carboxylic acids is 1. The van der Waals surface area contributed by atoms with Gasteiger partial charge >= 0.3 is 5.97 Å². The third kappa shape index (κ3) is 32.6. The van der Waals surface area contributed by atoms with Gasteiger partial charge in [-0.25, -0.2) is 0 Å². The van der Waals surface area contributed by atoms with Crippen molar-refractivity contribution in [3.63, 3.8) is 0 Å². The second-order valence-corrected chi connectivity index (χ2v) is 29.2. The molecule has 2 saturated heterocycles. The normalized spacial score (nSPS) is 22.0. The van der Waals surface area contributed by atoms with Crippen LogP contribution >= 0.6 is 33.3 Å². The third-order valence-corrected chi connectivity index (χ3v) is 20.6. The van der Waals surface area contributed by atoms with Gasteiger partial charge in [0.25, 0.3) is 0 Å². The molecule has 0 aliphatic carbocycles. The minimum atomic E-state index is -1.51. The number of nitrogens with one attached hydrogen (secondary N) is 10. The molecule has 2 aliphatic rings. The number of ketones is 3. The minimum Gasteiger partial charge on any atom is -0.481 e. The molecule has 1 unspecified atom stereocenters. The third-order valence-electron chi connectivity index (χ3n) is 17.2. The molecule has 8 amide bonds. The fraction of sp³-hybridized carbons (Fsp3) is 0.672. The Hall–Kier alpha value is -7.32. The van der Waals surface area contributed by atoms with Crippen molar-refractivity contribution >= 4 is 121 Å². The summed E-state index contributed by atoms with van der Waals surface area (Å²) in [6.07, 6.45) is 2.75. The zero-order valence-electron chi connectivity index (χ0n) is 56.1. The number of oxime groups is 2. The van der Waals surface area contributed by atoms with Crippen LogP contribution in [0.2, 0.25) is 0 Å². The Labute approximate surface area is 574 Å². The zero-order chi connectivity index (χ0) is 71.4. The number of carbonyl (C=O) groups excluding carboxylic acids is 11. The Morgan fingerprint density at radius 1 is 0.656 bits per heavy atom. The number of rotatable bonds is 31. The molecular formula is C64H102N14O15S3. The van der Waals surface area contributed by atoms with Gasteiger partial charge in [-0.2, -0.15) is 0 Å². The number of hydrogen-bond acceptors (Lipinski definition) is 21. The van der Waals surface area contributed by atoms with Crippen LogP contribution in [0.15, 0.2) is 40.6 Å². The number of fused-ring (bicyclic) bond motifs is 5. The van der Waals surface area contributed by atoms with Crippen LogP contribution in [-0.2, 0) is 64.0 Å². The number of guanidine groups is 1. The molecule has 536 valence electrons. The van der Waals surface area contributed by atoms with Crippen LogP contribution in [0.4, 0.5) is 0 Å². The summed E-state index contributed by atoms with van der Waals surface area (Å²) in [5.41, 5.74) is 12.3. The number of amides is 8. The van der Waals surface area contributed by atoms with E-state index in [2.05, 4.69) is 58.2 Å². The standard InChI is InChI=1S/C64H102N14O15S3/c1-39(77-92)63(3,4)24-13-17-41(23-28-72-64(5,6)40(2)78-93)22-27-69-54(83)21-12-20-53(82)68-25-11-10-19-47-61(91)75-49-37-96-95-36-48(52(81)32-44(29-42-15-8-7-9-16-42)59(89)76-50(57(65)87)35-94-38-55(84)73-47)74-60(90)45(33-56(85)86)30-46(79)34-71-58(88)43(31-51(49)80)18-14-26-70-62(66)67/h7-9,15-16,41,43-45,47-50,72,92-93H,10-14,17-38H2,1-6H3,(H2,65,87)(H,68,82)(H,69,83)(H,71,88)(H,73,84)(H,74,90)(H,75,91)(H,76,89)(H,85,86)(H4,66,67,70)/b77-39-,78-40-/t41?,43-,44-,45+,47+,48+,49+,50+/m1/s1. The molecule has 3 rings (SSSR count). The first-order chi connectivity index (χ1) is 45.4. The van der Waals surface area contributed by atoms with Gasteiger partial charge in [-0.05, 0) is 110 Å². The van der Waals surface area contributed by atoms with Gasteiger partial charge in [0, 0.05) is 86.2 Å². The molecule has 29 nitrogen and oxygen atoms in total. The van der Waals surface area contributed by atoms with Crippen molar-refractivity contribution in [1.29, 1.82) is 5.41 Å². The Kier molecular flexibility index (Phi) is 37.8. The average molecular weight is 1400 g/mol. The number of carbonyl (C=O) groups is 12. The minimum absolute atomic E-state index is 0.0117. The summed E-state index contributed by atoms with van der Waals surface area (Å²) in [6.45, 7) is 12.1. The lowest BCUT2D eigenvalue weighted by molar-refractivity contribution is -0.142. The highest BCUT2D eigenvalue weighted by molar-refractivity contribution is 8.76. The number of benzene rings is 1. The van der Waals surface area contributed by atoms with Crippen molar-refractivity contribution in [1.82, 2.24) is 47.9 Å². The number of unbranched alkanes of at least 4 members (excludes halogenated alkanes) is 1. The second kappa shape index (κ2) is 43.8. The summed E-state index contributed by atoms with van der Waals surface area (Å²) in [4.78, 5) is 164. The predicted molar refractivity (Wildman–Crippen MR) is 369 cm³/mol. The van der Waals surface area contributed by atoms with E-state index in [1.807, 2.05) is 27.7 Å². The van der Waals surface area contributed by atoms with E-state index in [0.29, 0.717) is 42.9 Å². The maximum Gasteiger partial charge on any atom is 0.304 e. The molecule has 2 aliphatic heterocycles. The van der Waals surface area contributed by atoms with Gasteiger partial charge in [-0.3, -0.25) is 62.9 Å². The van der Waals surface area contributed by atoms with Gasteiger partial charge in [-0.15, -0.1) is 11.8 Å². The zero-order valence-corrected chi connectivity index (χ0v) is 58.6. The van der Waals surface area contributed by atoms with Gasteiger partial charge in [-0.1, -0.05) is 88.9 Å². The van der Waals surface area contributed by atoms with Crippen LogP contribution in [0.1, 0.15) is 156 Å². The highest BCUT2D eigenvalue weighted by atomic mass is 33.1. The van der Waals surface area contributed by atoms with E-state index in [1.54, 1.807) is 44.2 Å². The molecular weight excluding hydrogens is 1300 g/mol. The van der Waals surface area contributed by atoms with Crippen molar-refractivity contribution in [3.05, 3.63) is 35.9 Å². The summed E-state index contributed by atoms with van der Waals surface area (Å²) in [5, 5.41) is 67.9. The molecule has 2 fully saturated rings. The first kappa shape index (κ1) is 82.9. The number of carboxylic acids is 1. The molecule has 0 spiro atoms. The number of thioether (sulfide) groups is 1. The van der Waals surface area contributed by atoms with Crippen molar-refractivity contribution in [2.75, 3.05) is 55.7 Å². The Morgan fingerprint density at radius 2 is 1.25 bits per heavy atom. The van der Waals surface area contributed by atoms with E-state index in [-0.39, 0.29) is 117 Å². The molecule has 2 heterocycles. The smallest absolute Gasteiger partial charge is 0.304 e. The van der Waals surface area contributed by atoms with Gasteiger partial charge in [0.1, 0.15) is 12.1 Å². The number of primary amides is 1. The lowest BCUT2D eigenvalue weighted by Crippen LogP contribution is -2.53. The van der Waals surface area contributed by atoms with E-state index in [0.717, 1.165) is 59.0 Å². The molecule has 32 heteroatoms. The van der Waals surface area contributed by atoms with Crippen LogP contribution in [0.5, 0.6) is 0 Å². The number of nitrogens with zero attached hydrogens (tertiary/aromatic N) is 2. The molecule has 1 aromatic rings. The topological polar surface area (TPSA) is 474 Å². The largest absolute Gasteiger partial charge is 0.481 e. The number of carboxylic acid groups (broad SMARTS) is 1. The first-order valence-corrected chi connectivity index (χ1v) is 36.3. The maximum atomic E-state index is 14.6. The van der Waals surface area contributed by atoms with E-state index in [4.69, 9.17) is 16.9 Å². The summed E-state index contributed by atoms with van der Waals surface area (Å²) in [7, 11) is 2.01. The van der Waals surface area contributed by atoms with E-state index in [1.165, 1.54) is 0 Å². The summed E-state index contributed by atoms with van der Waals surface area (Å²) < 4.78 is 0. The SMILES string of the molecule is C/C(=N/O)C(C)(C)CCCC(CCNC(=O)CCCC(=O)NCCCC[C@@H]1NC(=O)CSC[C@@H](C(N)=O)NC(=O)[C@H](Cc2ccccc2)CC(=O)[C@@H]2CSSC[C@H](NC1=O)C(=O)C[C@@H](CCCNC(=N)N)C(=O)NCC(=O)C[C@@H](CC(=O)O)C(=O)N2)CCNC(C)(C)/C(C)=N\O. The van der Waals surface area contributed by atoms with Gasteiger partial charge in [0.05, 0.1) is 53.7 Å². The van der Waals surface area contributed by atoms with Crippen LogP contribution < -0.4 is 59.3 Å². The van der Waals surface area contributed by atoms with Crippen LogP contribution in [-0.4, -0.2) is 189 Å². The fourth-order valence-corrected chi connectivity index (χ4v) is 13.8. The number of nitrogens with two attached hydrogens (primary N) is 2. The summed E-state index contributed by atoms with van der Waals surface area (Å²) in [5.74, 6) is -13.8. The maximum absolute atomic E-state index is 14.6. The lowest BCUT2D eigenvalue weighted by atomic mass is 9.81. The second-order valence-electron chi connectivity index (χ2n) is 25.6. The molecule has 8 atom stereocenters. The van der Waals surface area contributed by atoms with Crippen molar-refractivity contribution in [3.8, 4) is 0 Å². The number of Topliss-reactive ketones (excluding diaryl/α,β-unsaturated/α-hetero) is 3. The van der Waals surface area contributed by atoms with Crippen LogP contribution in [0.3, 0.4) is 0 Å². The highest BCUT2D eigenvalue weighted by Crippen LogP contribution is 2.30. The van der Waals surface area contributed by atoms with Gasteiger partial charge < -0.3 is 74.8 Å². The molecule has 0 saturated carbocycles. The summed E-state index contributed by atoms with van der Waals surface area (Å²) in [6, 6.07) is 3.21.